The number of aromatic nitrogens is 3. The second kappa shape index (κ2) is 5.99. The van der Waals surface area contributed by atoms with Crippen LogP contribution in [0, 0.1) is 5.92 Å². The Balaban J connectivity index is 2.14. The SMILES string of the molecule is CCC(C)C(CO)NCc1c[nH]c2c(=O)[nH]cnc12. The van der Waals surface area contributed by atoms with Crippen LogP contribution in [0.5, 0.6) is 0 Å². The second-order valence-electron chi connectivity index (χ2n) is 4.82. The molecule has 2 rings (SSSR count). The first-order valence-electron chi connectivity index (χ1n) is 6.55. The minimum absolute atomic E-state index is 0.0527. The van der Waals surface area contributed by atoms with E-state index in [4.69, 9.17) is 0 Å². The molecule has 0 aliphatic heterocycles. The molecule has 4 N–H and O–H groups in total. The third kappa shape index (κ3) is 2.85. The van der Waals surface area contributed by atoms with Crippen LogP contribution in [-0.2, 0) is 6.54 Å². The number of hydrogen-bond donors (Lipinski definition) is 4. The van der Waals surface area contributed by atoms with Crippen molar-refractivity contribution >= 4 is 11.0 Å². The van der Waals surface area contributed by atoms with E-state index in [1.165, 1.54) is 6.33 Å². The van der Waals surface area contributed by atoms with Crippen LogP contribution in [0.25, 0.3) is 11.0 Å². The van der Waals surface area contributed by atoms with E-state index >= 15 is 0 Å². The van der Waals surface area contributed by atoms with Crippen LogP contribution in [-0.4, -0.2) is 32.7 Å². The van der Waals surface area contributed by atoms with Gasteiger partial charge in [-0.1, -0.05) is 20.3 Å². The average Bonchev–Trinajstić information content (AvgIpc) is 2.84. The molecule has 2 heterocycles. The monoisotopic (exact) mass is 264 g/mol. The third-order valence-electron chi connectivity index (χ3n) is 3.63. The van der Waals surface area contributed by atoms with E-state index in [0.29, 0.717) is 23.5 Å². The van der Waals surface area contributed by atoms with Gasteiger partial charge >= 0.3 is 0 Å². The van der Waals surface area contributed by atoms with Crippen molar-refractivity contribution in [2.75, 3.05) is 6.61 Å². The number of nitrogens with zero attached hydrogens (tertiary/aromatic N) is 1. The lowest BCUT2D eigenvalue weighted by atomic mass is 10.00. The number of aliphatic hydroxyl groups excluding tert-OH is 1. The van der Waals surface area contributed by atoms with Gasteiger partial charge in [0.25, 0.3) is 5.56 Å². The van der Waals surface area contributed by atoms with Gasteiger partial charge in [0, 0.05) is 24.3 Å². The molecular weight excluding hydrogens is 244 g/mol. The summed E-state index contributed by atoms with van der Waals surface area (Å²) < 4.78 is 0. The standard InChI is InChI=1S/C13H20N4O2/c1-3-8(2)10(6-18)14-4-9-5-15-12-11(9)16-7-17-13(12)19/h5,7-8,10,14-15,18H,3-4,6H2,1-2H3,(H,16,17,19). The lowest BCUT2D eigenvalue weighted by Crippen LogP contribution is -2.37. The zero-order valence-electron chi connectivity index (χ0n) is 11.2. The second-order valence-corrected chi connectivity index (χ2v) is 4.82. The highest BCUT2D eigenvalue weighted by Crippen LogP contribution is 2.13. The number of aromatic amines is 2. The fraction of sp³-hybridized carbons (Fsp3) is 0.538. The lowest BCUT2D eigenvalue weighted by Gasteiger charge is -2.21. The summed E-state index contributed by atoms with van der Waals surface area (Å²) in [6.45, 7) is 4.88. The predicted molar refractivity (Wildman–Crippen MR) is 73.9 cm³/mol. The van der Waals surface area contributed by atoms with Crippen molar-refractivity contribution < 1.29 is 5.11 Å². The van der Waals surface area contributed by atoms with Crippen molar-refractivity contribution in [3.05, 3.63) is 28.4 Å². The molecule has 0 radical (unpaired) electrons. The number of fused-ring (bicyclic) bond motifs is 1. The van der Waals surface area contributed by atoms with E-state index in [0.717, 1.165) is 12.0 Å². The summed E-state index contributed by atoms with van der Waals surface area (Å²) in [7, 11) is 0. The Hall–Kier alpha value is -1.66. The molecule has 0 aliphatic rings. The smallest absolute Gasteiger partial charge is 0.275 e. The number of nitrogens with one attached hydrogen (secondary N) is 3. The van der Waals surface area contributed by atoms with E-state index < -0.39 is 0 Å². The van der Waals surface area contributed by atoms with Gasteiger partial charge in [-0.05, 0) is 5.92 Å². The van der Waals surface area contributed by atoms with Gasteiger partial charge in [0.2, 0.25) is 0 Å². The van der Waals surface area contributed by atoms with Crippen LogP contribution in [0.15, 0.2) is 17.3 Å². The van der Waals surface area contributed by atoms with Gasteiger partial charge in [0.1, 0.15) is 5.52 Å². The van der Waals surface area contributed by atoms with Gasteiger partial charge in [-0.15, -0.1) is 0 Å². The molecule has 0 bridgehead atoms. The van der Waals surface area contributed by atoms with Gasteiger partial charge in [-0.3, -0.25) is 4.79 Å². The van der Waals surface area contributed by atoms with E-state index in [2.05, 4.69) is 34.1 Å². The molecule has 2 atom stereocenters. The Labute approximate surface area is 111 Å². The van der Waals surface area contributed by atoms with Crippen molar-refractivity contribution in [2.24, 2.45) is 5.92 Å². The minimum atomic E-state index is -0.170. The van der Waals surface area contributed by atoms with Gasteiger partial charge in [0.15, 0.2) is 0 Å². The maximum atomic E-state index is 11.6. The van der Waals surface area contributed by atoms with Crippen molar-refractivity contribution in [1.29, 1.82) is 0 Å². The molecule has 6 heteroatoms. The van der Waals surface area contributed by atoms with Crippen LogP contribution >= 0.6 is 0 Å². The highest BCUT2D eigenvalue weighted by Gasteiger charge is 2.15. The Morgan fingerprint density at radius 2 is 2.26 bits per heavy atom. The molecule has 0 fully saturated rings. The first kappa shape index (κ1) is 13.8. The van der Waals surface area contributed by atoms with Crippen LogP contribution in [0.3, 0.4) is 0 Å². The fourth-order valence-corrected chi connectivity index (χ4v) is 2.11. The van der Waals surface area contributed by atoms with Crippen molar-refractivity contribution in [1.82, 2.24) is 20.3 Å². The summed E-state index contributed by atoms with van der Waals surface area (Å²) >= 11 is 0. The molecule has 104 valence electrons. The normalized spacial score (nSPS) is 14.7. The molecule has 0 saturated carbocycles. The molecule has 0 aromatic carbocycles. The molecule has 2 aromatic rings. The van der Waals surface area contributed by atoms with Crippen LogP contribution in [0.1, 0.15) is 25.8 Å². The zero-order valence-corrected chi connectivity index (χ0v) is 11.2. The molecule has 0 saturated heterocycles. The van der Waals surface area contributed by atoms with Crippen LogP contribution in [0.2, 0.25) is 0 Å². The fourth-order valence-electron chi connectivity index (χ4n) is 2.11. The van der Waals surface area contributed by atoms with E-state index in [-0.39, 0.29) is 18.2 Å². The van der Waals surface area contributed by atoms with E-state index in [1.807, 2.05) is 0 Å². The van der Waals surface area contributed by atoms with Gasteiger partial charge in [0.05, 0.1) is 18.5 Å². The maximum absolute atomic E-state index is 11.6. The molecular formula is C13H20N4O2. The number of H-pyrrole nitrogens is 2. The van der Waals surface area contributed by atoms with Gasteiger partial charge in [-0.25, -0.2) is 4.98 Å². The highest BCUT2D eigenvalue weighted by molar-refractivity contribution is 5.77. The number of aliphatic hydroxyl groups is 1. The van der Waals surface area contributed by atoms with Crippen LogP contribution < -0.4 is 10.9 Å². The first-order valence-corrected chi connectivity index (χ1v) is 6.55. The molecule has 6 nitrogen and oxygen atoms in total. The van der Waals surface area contributed by atoms with Crippen molar-refractivity contribution in [3.63, 3.8) is 0 Å². The molecule has 2 unspecified atom stereocenters. The summed E-state index contributed by atoms with van der Waals surface area (Å²) in [5, 5.41) is 12.7. The zero-order chi connectivity index (χ0) is 13.8. The maximum Gasteiger partial charge on any atom is 0.275 e. The predicted octanol–water partition coefficient (Wildman–Crippen LogP) is 0.748. The first-order chi connectivity index (χ1) is 9.17. The topological polar surface area (TPSA) is 93.8 Å². The summed E-state index contributed by atoms with van der Waals surface area (Å²) in [6.07, 6.45) is 4.19. The van der Waals surface area contributed by atoms with Gasteiger partial charge in [-0.2, -0.15) is 0 Å². The highest BCUT2D eigenvalue weighted by atomic mass is 16.3. The minimum Gasteiger partial charge on any atom is -0.395 e. The molecule has 2 aromatic heterocycles. The summed E-state index contributed by atoms with van der Waals surface area (Å²) in [5.74, 6) is 0.395. The molecule has 0 spiro atoms. The Kier molecular flexibility index (Phi) is 4.34. The Bertz CT molecular complexity index is 590. The van der Waals surface area contributed by atoms with Crippen LogP contribution in [0.4, 0.5) is 0 Å². The average molecular weight is 264 g/mol. The Morgan fingerprint density at radius 1 is 1.47 bits per heavy atom. The van der Waals surface area contributed by atoms with E-state index in [1.54, 1.807) is 6.20 Å². The largest absolute Gasteiger partial charge is 0.395 e. The summed E-state index contributed by atoms with van der Waals surface area (Å²) in [5.41, 5.74) is 1.93. The molecule has 0 amide bonds. The molecule has 19 heavy (non-hydrogen) atoms. The number of rotatable bonds is 6. The lowest BCUT2D eigenvalue weighted by molar-refractivity contribution is 0.201. The van der Waals surface area contributed by atoms with Gasteiger partial charge < -0.3 is 20.4 Å². The quantitative estimate of drug-likeness (QED) is 0.619. The number of hydrogen-bond acceptors (Lipinski definition) is 4. The van der Waals surface area contributed by atoms with E-state index in [9.17, 15) is 9.90 Å². The third-order valence-corrected chi connectivity index (χ3v) is 3.63. The summed E-state index contributed by atoms with van der Waals surface area (Å²) in [4.78, 5) is 21.2. The van der Waals surface area contributed by atoms with Crippen molar-refractivity contribution in [2.45, 2.75) is 32.9 Å². The van der Waals surface area contributed by atoms with Crippen molar-refractivity contribution in [3.8, 4) is 0 Å². The Morgan fingerprint density at radius 3 is 2.95 bits per heavy atom. The molecule has 0 aliphatic carbocycles. The summed E-state index contributed by atoms with van der Waals surface area (Å²) in [6, 6.07) is 0.0527.